The van der Waals surface area contributed by atoms with E-state index in [1.807, 2.05) is 0 Å². The Morgan fingerprint density at radius 3 is 2.59 bits per heavy atom. The van der Waals surface area contributed by atoms with Gasteiger partial charge in [-0.1, -0.05) is 49.4 Å². The van der Waals surface area contributed by atoms with E-state index in [0.717, 1.165) is 39.3 Å². The van der Waals surface area contributed by atoms with Gasteiger partial charge in [0.25, 0.3) is 0 Å². The maximum Gasteiger partial charge on any atom is 0.0594 e. The van der Waals surface area contributed by atoms with Crippen LogP contribution in [0.1, 0.15) is 18.9 Å². The SMILES string of the molecule is C[C@](CN)(CCN1CCOCC1)c1cccc2ccccc12. The summed E-state index contributed by atoms with van der Waals surface area (Å²) in [5.41, 5.74) is 7.59. The quantitative estimate of drug-likeness (QED) is 0.922. The Labute approximate surface area is 133 Å². The molecule has 118 valence electrons. The number of nitrogens with two attached hydrogens (primary N) is 1. The highest BCUT2D eigenvalue weighted by Gasteiger charge is 2.27. The van der Waals surface area contributed by atoms with Gasteiger partial charge in [0.1, 0.15) is 0 Å². The largest absolute Gasteiger partial charge is 0.379 e. The lowest BCUT2D eigenvalue weighted by Gasteiger charge is -2.34. The standard InChI is InChI=1S/C19H26N2O/c1-19(15-20,9-10-21-11-13-22-14-12-21)18-8-4-6-16-5-2-3-7-17(16)18/h2-8H,9-15,20H2,1H3/t19-/m1/s1. The molecule has 0 aromatic heterocycles. The van der Waals surface area contributed by atoms with Crippen LogP contribution in [0.2, 0.25) is 0 Å². The van der Waals surface area contributed by atoms with Gasteiger partial charge >= 0.3 is 0 Å². The lowest BCUT2D eigenvalue weighted by Crippen LogP contribution is -2.41. The topological polar surface area (TPSA) is 38.5 Å². The van der Waals surface area contributed by atoms with Gasteiger partial charge in [0, 0.05) is 25.0 Å². The fraction of sp³-hybridized carbons (Fsp3) is 0.474. The predicted octanol–water partition coefficient (Wildman–Crippen LogP) is 2.78. The molecule has 0 amide bonds. The molecule has 0 saturated carbocycles. The minimum atomic E-state index is 0.0131. The van der Waals surface area contributed by atoms with E-state index >= 15 is 0 Å². The van der Waals surface area contributed by atoms with Gasteiger partial charge in [0.15, 0.2) is 0 Å². The highest BCUT2D eigenvalue weighted by molar-refractivity contribution is 5.86. The minimum absolute atomic E-state index is 0.0131. The number of morpholine rings is 1. The molecule has 1 heterocycles. The normalized spacial score (nSPS) is 19.2. The zero-order valence-electron chi connectivity index (χ0n) is 13.4. The van der Waals surface area contributed by atoms with Crippen molar-refractivity contribution in [2.45, 2.75) is 18.8 Å². The average Bonchev–Trinajstić information content (AvgIpc) is 2.60. The van der Waals surface area contributed by atoms with E-state index in [1.165, 1.54) is 16.3 Å². The van der Waals surface area contributed by atoms with Gasteiger partial charge < -0.3 is 10.5 Å². The number of ether oxygens (including phenoxy) is 1. The van der Waals surface area contributed by atoms with Crippen LogP contribution in [0, 0.1) is 0 Å². The molecule has 3 rings (SSSR count). The van der Waals surface area contributed by atoms with Crippen LogP contribution in [0.4, 0.5) is 0 Å². The van der Waals surface area contributed by atoms with Crippen LogP contribution in [0.15, 0.2) is 42.5 Å². The van der Waals surface area contributed by atoms with Crippen LogP contribution in [-0.2, 0) is 10.2 Å². The third-order valence-electron chi connectivity index (χ3n) is 4.97. The number of fused-ring (bicyclic) bond motifs is 1. The molecule has 0 radical (unpaired) electrons. The number of hydrogen-bond donors (Lipinski definition) is 1. The molecule has 22 heavy (non-hydrogen) atoms. The summed E-state index contributed by atoms with van der Waals surface area (Å²) in [7, 11) is 0. The first kappa shape index (κ1) is 15.5. The van der Waals surface area contributed by atoms with Gasteiger partial charge in [-0.2, -0.15) is 0 Å². The molecule has 1 atom stereocenters. The van der Waals surface area contributed by atoms with Gasteiger partial charge in [-0.3, -0.25) is 4.90 Å². The Hall–Kier alpha value is -1.42. The molecular weight excluding hydrogens is 272 g/mol. The molecule has 3 heteroatoms. The van der Waals surface area contributed by atoms with Crippen molar-refractivity contribution in [1.29, 1.82) is 0 Å². The van der Waals surface area contributed by atoms with Crippen molar-refractivity contribution >= 4 is 10.8 Å². The Balaban J connectivity index is 1.84. The molecule has 0 unspecified atom stereocenters. The van der Waals surface area contributed by atoms with E-state index in [-0.39, 0.29) is 5.41 Å². The first-order chi connectivity index (χ1) is 10.7. The monoisotopic (exact) mass is 298 g/mol. The predicted molar refractivity (Wildman–Crippen MR) is 92.2 cm³/mol. The van der Waals surface area contributed by atoms with Crippen molar-refractivity contribution in [2.75, 3.05) is 39.4 Å². The maximum absolute atomic E-state index is 6.20. The smallest absolute Gasteiger partial charge is 0.0594 e. The van der Waals surface area contributed by atoms with E-state index in [0.29, 0.717) is 6.54 Å². The molecule has 2 aromatic carbocycles. The van der Waals surface area contributed by atoms with E-state index in [1.54, 1.807) is 0 Å². The maximum atomic E-state index is 6.20. The third kappa shape index (κ3) is 3.17. The molecule has 1 aliphatic heterocycles. The minimum Gasteiger partial charge on any atom is -0.379 e. The summed E-state index contributed by atoms with van der Waals surface area (Å²) in [6, 6.07) is 15.2. The van der Waals surface area contributed by atoms with E-state index in [9.17, 15) is 0 Å². The van der Waals surface area contributed by atoms with Crippen LogP contribution in [0.3, 0.4) is 0 Å². The van der Waals surface area contributed by atoms with E-state index in [2.05, 4.69) is 54.3 Å². The highest BCUT2D eigenvalue weighted by atomic mass is 16.5. The molecule has 0 bridgehead atoms. The van der Waals surface area contributed by atoms with Crippen LogP contribution >= 0.6 is 0 Å². The zero-order valence-corrected chi connectivity index (χ0v) is 13.4. The van der Waals surface area contributed by atoms with Gasteiger partial charge in [0.2, 0.25) is 0 Å². The van der Waals surface area contributed by atoms with E-state index in [4.69, 9.17) is 10.5 Å². The lowest BCUT2D eigenvalue weighted by molar-refractivity contribution is 0.0349. The first-order valence-corrected chi connectivity index (χ1v) is 8.21. The Morgan fingerprint density at radius 2 is 1.82 bits per heavy atom. The van der Waals surface area contributed by atoms with Crippen LogP contribution in [-0.4, -0.2) is 44.3 Å². The molecule has 2 N–H and O–H groups in total. The molecule has 0 aliphatic carbocycles. The molecule has 1 aliphatic rings. The number of nitrogens with zero attached hydrogens (tertiary/aromatic N) is 1. The Kier molecular flexibility index (Phi) is 4.77. The second-order valence-electron chi connectivity index (χ2n) is 6.50. The summed E-state index contributed by atoms with van der Waals surface area (Å²) >= 11 is 0. The van der Waals surface area contributed by atoms with Crippen molar-refractivity contribution in [3.8, 4) is 0 Å². The number of rotatable bonds is 5. The van der Waals surface area contributed by atoms with Crippen molar-refractivity contribution < 1.29 is 4.74 Å². The summed E-state index contributed by atoms with van der Waals surface area (Å²) < 4.78 is 5.43. The fourth-order valence-electron chi connectivity index (χ4n) is 3.33. The zero-order chi connectivity index (χ0) is 15.4. The molecule has 1 fully saturated rings. The van der Waals surface area contributed by atoms with Crippen LogP contribution < -0.4 is 5.73 Å². The van der Waals surface area contributed by atoms with Crippen LogP contribution in [0.25, 0.3) is 10.8 Å². The molecular formula is C19H26N2O. The lowest BCUT2D eigenvalue weighted by atomic mass is 9.77. The summed E-state index contributed by atoms with van der Waals surface area (Å²) in [5.74, 6) is 0. The van der Waals surface area contributed by atoms with Crippen molar-refractivity contribution in [3.05, 3.63) is 48.0 Å². The summed E-state index contributed by atoms with van der Waals surface area (Å²) in [6.07, 6.45) is 1.08. The first-order valence-electron chi connectivity index (χ1n) is 8.21. The van der Waals surface area contributed by atoms with Gasteiger partial charge in [-0.25, -0.2) is 0 Å². The summed E-state index contributed by atoms with van der Waals surface area (Å²) in [5, 5.41) is 2.63. The Bertz CT molecular complexity index is 616. The second kappa shape index (κ2) is 6.78. The third-order valence-corrected chi connectivity index (χ3v) is 4.97. The van der Waals surface area contributed by atoms with Gasteiger partial charge in [0.05, 0.1) is 13.2 Å². The highest BCUT2D eigenvalue weighted by Crippen LogP contribution is 2.32. The Morgan fingerprint density at radius 1 is 1.09 bits per heavy atom. The second-order valence-corrected chi connectivity index (χ2v) is 6.50. The molecule has 0 spiro atoms. The van der Waals surface area contributed by atoms with Crippen molar-refractivity contribution in [1.82, 2.24) is 4.90 Å². The van der Waals surface area contributed by atoms with Crippen LogP contribution in [0.5, 0.6) is 0 Å². The molecule has 2 aromatic rings. The van der Waals surface area contributed by atoms with E-state index < -0.39 is 0 Å². The number of hydrogen-bond acceptors (Lipinski definition) is 3. The van der Waals surface area contributed by atoms with Crippen molar-refractivity contribution in [3.63, 3.8) is 0 Å². The number of benzene rings is 2. The van der Waals surface area contributed by atoms with Gasteiger partial charge in [-0.05, 0) is 29.3 Å². The fourth-order valence-corrected chi connectivity index (χ4v) is 3.33. The van der Waals surface area contributed by atoms with Gasteiger partial charge in [-0.15, -0.1) is 0 Å². The summed E-state index contributed by atoms with van der Waals surface area (Å²) in [6.45, 7) is 7.84. The summed E-state index contributed by atoms with van der Waals surface area (Å²) in [4.78, 5) is 2.49. The van der Waals surface area contributed by atoms with Crippen molar-refractivity contribution in [2.24, 2.45) is 5.73 Å². The molecule has 3 nitrogen and oxygen atoms in total. The molecule has 1 saturated heterocycles. The average molecular weight is 298 g/mol.